The Balaban J connectivity index is 1.74. The number of nitrogens with one attached hydrogen (secondary N) is 1. The van der Waals surface area contributed by atoms with E-state index in [1.807, 2.05) is 32.0 Å². The highest BCUT2D eigenvalue weighted by Gasteiger charge is 2.12. The van der Waals surface area contributed by atoms with Gasteiger partial charge in [0.2, 0.25) is 0 Å². The highest BCUT2D eigenvalue weighted by atomic mass is 79.9. The average molecular weight is 451 g/mol. The molecular weight excluding hydrogens is 432 g/mol. The Bertz CT molecular complexity index is 1080. The van der Waals surface area contributed by atoms with Gasteiger partial charge in [0, 0.05) is 15.6 Å². The number of hydrogen-bond acceptors (Lipinski definition) is 4. The number of halogens is 1. The number of carbonyl (C=O) groups excluding carboxylic acids is 2. The van der Waals surface area contributed by atoms with Crippen LogP contribution in [0.15, 0.2) is 76.3 Å². The van der Waals surface area contributed by atoms with E-state index in [9.17, 15) is 9.59 Å². The summed E-state index contributed by atoms with van der Waals surface area (Å²) in [7, 11) is 0. The van der Waals surface area contributed by atoms with Crippen LogP contribution in [-0.4, -0.2) is 18.1 Å². The fourth-order valence-corrected chi connectivity index (χ4v) is 2.95. The van der Waals surface area contributed by atoms with Gasteiger partial charge in [0.15, 0.2) is 0 Å². The molecule has 0 spiro atoms. The molecule has 3 rings (SSSR count). The maximum Gasteiger partial charge on any atom is 0.343 e. The van der Waals surface area contributed by atoms with Crippen molar-refractivity contribution in [3.63, 3.8) is 0 Å². The molecule has 0 radical (unpaired) electrons. The molecule has 3 aromatic carbocycles. The largest absolute Gasteiger partial charge is 0.422 e. The third-order valence-electron chi connectivity index (χ3n) is 4.11. The van der Waals surface area contributed by atoms with Crippen molar-refractivity contribution >= 4 is 34.0 Å². The van der Waals surface area contributed by atoms with E-state index in [1.54, 1.807) is 48.5 Å². The molecule has 3 aromatic rings. The first-order valence-electron chi connectivity index (χ1n) is 8.91. The second-order valence-corrected chi connectivity index (χ2v) is 7.42. The van der Waals surface area contributed by atoms with E-state index in [0.717, 1.165) is 15.6 Å². The van der Waals surface area contributed by atoms with Gasteiger partial charge in [0.1, 0.15) is 5.75 Å². The molecule has 146 valence electrons. The number of benzene rings is 3. The monoisotopic (exact) mass is 450 g/mol. The lowest BCUT2D eigenvalue weighted by atomic mass is 10.1. The standard InChI is InChI=1S/C23H19BrN2O3/c1-15-6-8-17(9-7-15)22(27)26-25-14-19-13-20(24)10-11-21(19)29-23(28)18-5-3-4-16(2)12-18/h3-14H,1-2H3,(H,26,27)/b25-14-. The van der Waals surface area contributed by atoms with Crippen molar-refractivity contribution in [3.05, 3.63) is 99.0 Å². The van der Waals surface area contributed by atoms with Crippen LogP contribution in [0.2, 0.25) is 0 Å². The summed E-state index contributed by atoms with van der Waals surface area (Å²) in [6.45, 7) is 3.86. The third-order valence-corrected chi connectivity index (χ3v) is 4.61. The number of carbonyl (C=O) groups is 2. The van der Waals surface area contributed by atoms with Crippen molar-refractivity contribution in [1.29, 1.82) is 0 Å². The van der Waals surface area contributed by atoms with Gasteiger partial charge >= 0.3 is 5.97 Å². The minimum absolute atomic E-state index is 0.324. The summed E-state index contributed by atoms with van der Waals surface area (Å²) >= 11 is 3.39. The SMILES string of the molecule is Cc1ccc(C(=O)N/N=C\c2cc(Br)ccc2OC(=O)c2cccc(C)c2)cc1. The summed E-state index contributed by atoms with van der Waals surface area (Å²) in [5.74, 6) is -0.447. The van der Waals surface area contributed by atoms with Gasteiger partial charge in [-0.05, 0) is 56.3 Å². The lowest BCUT2D eigenvalue weighted by Gasteiger charge is -2.08. The van der Waals surface area contributed by atoms with Crippen LogP contribution in [-0.2, 0) is 0 Å². The molecule has 0 aliphatic rings. The number of hydrazone groups is 1. The molecule has 0 fully saturated rings. The first-order chi connectivity index (χ1) is 13.9. The van der Waals surface area contributed by atoms with Gasteiger partial charge < -0.3 is 4.74 Å². The van der Waals surface area contributed by atoms with Gasteiger partial charge in [-0.1, -0.05) is 51.3 Å². The van der Waals surface area contributed by atoms with Gasteiger partial charge in [-0.15, -0.1) is 0 Å². The molecule has 0 aliphatic carbocycles. The van der Waals surface area contributed by atoms with Crippen LogP contribution in [0.5, 0.6) is 5.75 Å². The zero-order chi connectivity index (χ0) is 20.8. The molecule has 0 atom stereocenters. The Morgan fingerprint density at radius 1 is 0.931 bits per heavy atom. The van der Waals surface area contributed by atoms with Crippen molar-refractivity contribution in [2.75, 3.05) is 0 Å². The predicted octanol–water partition coefficient (Wildman–Crippen LogP) is 5.05. The average Bonchev–Trinajstić information content (AvgIpc) is 2.70. The Morgan fingerprint density at radius 2 is 1.69 bits per heavy atom. The van der Waals surface area contributed by atoms with Gasteiger partial charge in [0.05, 0.1) is 11.8 Å². The molecule has 0 heterocycles. The van der Waals surface area contributed by atoms with Crippen LogP contribution in [0.1, 0.15) is 37.4 Å². The number of ether oxygens (including phenoxy) is 1. The highest BCUT2D eigenvalue weighted by Crippen LogP contribution is 2.23. The van der Waals surface area contributed by atoms with Crippen molar-refractivity contribution in [1.82, 2.24) is 5.43 Å². The molecule has 5 nitrogen and oxygen atoms in total. The van der Waals surface area contributed by atoms with Crippen LogP contribution in [0.4, 0.5) is 0 Å². The van der Waals surface area contributed by atoms with Crippen LogP contribution in [0.3, 0.4) is 0 Å². The second-order valence-electron chi connectivity index (χ2n) is 6.51. The lowest BCUT2D eigenvalue weighted by molar-refractivity contribution is 0.0734. The molecule has 1 N–H and O–H groups in total. The molecule has 0 bridgehead atoms. The molecule has 0 unspecified atom stereocenters. The Morgan fingerprint density at radius 3 is 2.41 bits per heavy atom. The van der Waals surface area contributed by atoms with Gasteiger partial charge in [-0.2, -0.15) is 5.10 Å². The number of amides is 1. The fourth-order valence-electron chi connectivity index (χ4n) is 2.57. The van der Waals surface area contributed by atoms with Gasteiger partial charge in [0.25, 0.3) is 5.91 Å². The number of nitrogens with zero attached hydrogens (tertiary/aromatic N) is 1. The molecule has 0 aliphatic heterocycles. The van der Waals surface area contributed by atoms with Crippen LogP contribution in [0, 0.1) is 13.8 Å². The molecule has 0 aromatic heterocycles. The first kappa shape index (κ1) is 20.5. The predicted molar refractivity (Wildman–Crippen MR) is 117 cm³/mol. The smallest absolute Gasteiger partial charge is 0.343 e. The zero-order valence-electron chi connectivity index (χ0n) is 16.0. The number of rotatable bonds is 5. The Labute approximate surface area is 177 Å². The number of aryl methyl sites for hydroxylation is 2. The normalized spacial score (nSPS) is 10.7. The Hall–Kier alpha value is -3.25. The fraction of sp³-hybridized carbons (Fsp3) is 0.0870. The summed E-state index contributed by atoms with van der Waals surface area (Å²) < 4.78 is 6.32. The molecule has 6 heteroatoms. The second kappa shape index (κ2) is 9.30. The molecule has 29 heavy (non-hydrogen) atoms. The number of esters is 1. The maximum atomic E-state index is 12.4. The van der Waals surface area contributed by atoms with Crippen molar-refractivity contribution in [2.45, 2.75) is 13.8 Å². The van der Waals surface area contributed by atoms with Crippen molar-refractivity contribution < 1.29 is 14.3 Å². The highest BCUT2D eigenvalue weighted by molar-refractivity contribution is 9.10. The summed E-state index contributed by atoms with van der Waals surface area (Å²) in [6, 6.07) is 19.5. The lowest BCUT2D eigenvalue weighted by Crippen LogP contribution is -2.17. The van der Waals surface area contributed by atoms with Crippen LogP contribution < -0.4 is 10.2 Å². The van der Waals surface area contributed by atoms with E-state index in [4.69, 9.17) is 4.74 Å². The molecule has 0 saturated carbocycles. The van der Waals surface area contributed by atoms with E-state index in [0.29, 0.717) is 22.4 Å². The molecule has 0 saturated heterocycles. The summed E-state index contributed by atoms with van der Waals surface area (Å²) in [5.41, 5.74) is 6.03. The number of hydrogen-bond donors (Lipinski definition) is 1. The quantitative estimate of drug-likeness (QED) is 0.256. The van der Waals surface area contributed by atoms with E-state index in [1.165, 1.54) is 6.21 Å². The van der Waals surface area contributed by atoms with Gasteiger partial charge in [-0.25, -0.2) is 10.2 Å². The van der Waals surface area contributed by atoms with E-state index in [2.05, 4.69) is 26.5 Å². The zero-order valence-corrected chi connectivity index (χ0v) is 17.6. The van der Waals surface area contributed by atoms with E-state index < -0.39 is 5.97 Å². The minimum Gasteiger partial charge on any atom is -0.422 e. The summed E-state index contributed by atoms with van der Waals surface area (Å²) in [5, 5.41) is 4.00. The first-order valence-corrected chi connectivity index (χ1v) is 9.70. The maximum absolute atomic E-state index is 12.4. The van der Waals surface area contributed by atoms with E-state index in [-0.39, 0.29) is 5.91 Å². The summed E-state index contributed by atoms with van der Waals surface area (Å²) in [4.78, 5) is 24.6. The molecule has 1 amide bonds. The van der Waals surface area contributed by atoms with Crippen LogP contribution in [0.25, 0.3) is 0 Å². The third kappa shape index (κ3) is 5.62. The topological polar surface area (TPSA) is 67.8 Å². The summed E-state index contributed by atoms with van der Waals surface area (Å²) in [6.07, 6.45) is 1.44. The molecular formula is C23H19BrN2O3. The van der Waals surface area contributed by atoms with Crippen molar-refractivity contribution in [3.8, 4) is 5.75 Å². The van der Waals surface area contributed by atoms with Crippen molar-refractivity contribution in [2.24, 2.45) is 5.10 Å². The Kier molecular flexibility index (Phi) is 6.57. The van der Waals surface area contributed by atoms with Gasteiger partial charge in [-0.3, -0.25) is 4.79 Å². The van der Waals surface area contributed by atoms with E-state index >= 15 is 0 Å². The van der Waals surface area contributed by atoms with Crippen LogP contribution >= 0.6 is 15.9 Å². The minimum atomic E-state index is -0.464.